The maximum Gasteiger partial charge on any atom is 0.254 e. The van der Waals surface area contributed by atoms with Gasteiger partial charge in [-0.05, 0) is 26.0 Å². The summed E-state index contributed by atoms with van der Waals surface area (Å²) in [5.74, 6) is -2.77. The van der Waals surface area contributed by atoms with Gasteiger partial charge in [0.2, 0.25) is 0 Å². The zero-order valence-electron chi connectivity index (χ0n) is 8.98. The molecule has 0 saturated heterocycles. The molecule has 0 fully saturated rings. The third-order valence-corrected chi connectivity index (χ3v) is 3.38. The number of benzene rings is 1. The van der Waals surface area contributed by atoms with E-state index < -0.39 is 23.1 Å². The van der Waals surface area contributed by atoms with Crippen molar-refractivity contribution in [3.8, 4) is 0 Å². The topological polar surface area (TPSA) is 29.1 Å². The Morgan fingerprint density at radius 2 is 2.06 bits per heavy atom. The van der Waals surface area contributed by atoms with E-state index in [1.807, 2.05) is 0 Å². The molecule has 0 spiro atoms. The lowest BCUT2D eigenvalue weighted by atomic mass is 10.1. The SMILES string of the molecule is CC(C)(CBr)NC(=O)c1cccc(F)c1F. The minimum Gasteiger partial charge on any atom is -0.346 e. The Bertz CT molecular complexity index is 407. The van der Waals surface area contributed by atoms with E-state index in [9.17, 15) is 13.6 Å². The van der Waals surface area contributed by atoms with Crippen LogP contribution < -0.4 is 5.32 Å². The zero-order valence-corrected chi connectivity index (χ0v) is 10.6. The fourth-order valence-corrected chi connectivity index (χ4v) is 1.23. The van der Waals surface area contributed by atoms with Gasteiger partial charge in [0, 0.05) is 10.9 Å². The van der Waals surface area contributed by atoms with Gasteiger partial charge in [-0.1, -0.05) is 22.0 Å². The second-order valence-electron chi connectivity index (χ2n) is 4.07. The van der Waals surface area contributed by atoms with Gasteiger partial charge in [-0.15, -0.1) is 0 Å². The maximum atomic E-state index is 13.3. The molecule has 1 rings (SSSR count). The fourth-order valence-electron chi connectivity index (χ4n) is 1.09. The van der Waals surface area contributed by atoms with Crippen molar-refractivity contribution >= 4 is 21.8 Å². The van der Waals surface area contributed by atoms with Crippen LogP contribution >= 0.6 is 15.9 Å². The standard InChI is InChI=1S/C11H12BrF2NO/c1-11(2,6-12)15-10(16)7-4-3-5-8(13)9(7)14/h3-5H,6H2,1-2H3,(H,15,16). The Hall–Kier alpha value is -0.970. The van der Waals surface area contributed by atoms with Crippen LogP contribution in [-0.4, -0.2) is 16.8 Å². The van der Waals surface area contributed by atoms with Crippen molar-refractivity contribution in [2.75, 3.05) is 5.33 Å². The summed E-state index contributed by atoms with van der Waals surface area (Å²) in [7, 11) is 0. The molecule has 0 heterocycles. The molecular formula is C11H12BrF2NO. The van der Waals surface area contributed by atoms with E-state index in [0.717, 1.165) is 6.07 Å². The van der Waals surface area contributed by atoms with Gasteiger partial charge in [-0.3, -0.25) is 4.79 Å². The highest BCUT2D eigenvalue weighted by Crippen LogP contribution is 2.13. The molecule has 5 heteroatoms. The van der Waals surface area contributed by atoms with Crippen LogP contribution in [0.25, 0.3) is 0 Å². The van der Waals surface area contributed by atoms with Crippen LogP contribution in [0.4, 0.5) is 8.78 Å². The lowest BCUT2D eigenvalue weighted by Gasteiger charge is -2.23. The Morgan fingerprint density at radius 3 is 2.62 bits per heavy atom. The van der Waals surface area contributed by atoms with Crippen molar-refractivity contribution in [2.24, 2.45) is 0 Å². The normalized spacial score (nSPS) is 11.3. The largest absolute Gasteiger partial charge is 0.346 e. The Kier molecular flexibility index (Phi) is 4.02. The molecular weight excluding hydrogens is 280 g/mol. The van der Waals surface area contributed by atoms with Gasteiger partial charge in [0.25, 0.3) is 5.91 Å². The monoisotopic (exact) mass is 291 g/mol. The van der Waals surface area contributed by atoms with Gasteiger partial charge in [0.05, 0.1) is 5.56 Å². The zero-order chi connectivity index (χ0) is 12.3. The molecule has 1 N–H and O–H groups in total. The summed E-state index contributed by atoms with van der Waals surface area (Å²) < 4.78 is 26.2. The number of carbonyl (C=O) groups excluding carboxylic acids is 1. The number of carbonyl (C=O) groups is 1. The van der Waals surface area contributed by atoms with Crippen LogP contribution in [0.15, 0.2) is 18.2 Å². The Morgan fingerprint density at radius 1 is 1.44 bits per heavy atom. The van der Waals surface area contributed by atoms with E-state index in [0.29, 0.717) is 5.33 Å². The van der Waals surface area contributed by atoms with Crippen molar-refractivity contribution < 1.29 is 13.6 Å². The second kappa shape index (κ2) is 4.91. The van der Waals surface area contributed by atoms with Crippen LogP contribution in [0.1, 0.15) is 24.2 Å². The minimum atomic E-state index is -1.12. The first kappa shape index (κ1) is 13.1. The van der Waals surface area contributed by atoms with E-state index in [-0.39, 0.29) is 5.56 Å². The van der Waals surface area contributed by atoms with Crippen LogP contribution in [0.3, 0.4) is 0 Å². The number of halogens is 3. The molecule has 1 aromatic rings. The molecule has 0 saturated carbocycles. The number of hydrogen-bond donors (Lipinski definition) is 1. The summed E-state index contributed by atoms with van der Waals surface area (Å²) in [6.07, 6.45) is 0. The third kappa shape index (κ3) is 3.01. The van der Waals surface area contributed by atoms with Crippen LogP contribution in [-0.2, 0) is 0 Å². The molecule has 0 aromatic heterocycles. The van der Waals surface area contributed by atoms with Crippen molar-refractivity contribution in [1.29, 1.82) is 0 Å². The summed E-state index contributed by atoms with van der Waals surface area (Å²) in [4.78, 5) is 11.7. The average molecular weight is 292 g/mol. The quantitative estimate of drug-likeness (QED) is 0.853. The highest BCUT2D eigenvalue weighted by Gasteiger charge is 2.22. The van der Waals surface area contributed by atoms with Crippen LogP contribution in [0, 0.1) is 11.6 Å². The predicted molar refractivity (Wildman–Crippen MR) is 61.7 cm³/mol. The molecule has 0 atom stereocenters. The molecule has 0 aliphatic rings. The minimum absolute atomic E-state index is 0.283. The first-order valence-electron chi connectivity index (χ1n) is 4.70. The van der Waals surface area contributed by atoms with Crippen molar-refractivity contribution in [3.05, 3.63) is 35.4 Å². The Labute approximate surface area is 101 Å². The van der Waals surface area contributed by atoms with Gasteiger partial charge >= 0.3 is 0 Å². The summed E-state index contributed by atoms with van der Waals surface area (Å²) in [5.41, 5.74) is -0.801. The van der Waals surface area contributed by atoms with Gasteiger partial charge in [-0.25, -0.2) is 8.78 Å². The van der Waals surface area contributed by atoms with E-state index in [1.165, 1.54) is 12.1 Å². The van der Waals surface area contributed by atoms with E-state index in [2.05, 4.69) is 21.2 Å². The first-order chi connectivity index (χ1) is 7.37. The van der Waals surface area contributed by atoms with Crippen molar-refractivity contribution in [3.63, 3.8) is 0 Å². The number of rotatable bonds is 3. The molecule has 0 aliphatic heterocycles. The first-order valence-corrected chi connectivity index (χ1v) is 5.82. The van der Waals surface area contributed by atoms with E-state index in [4.69, 9.17) is 0 Å². The lowest BCUT2D eigenvalue weighted by molar-refractivity contribution is 0.0916. The molecule has 0 radical (unpaired) electrons. The highest BCUT2D eigenvalue weighted by atomic mass is 79.9. The van der Waals surface area contributed by atoms with E-state index in [1.54, 1.807) is 13.8 Å². The number of nitrogens with one attached hydrogen (secondary N) is 1. The molecule has 2 nitrogen and oxygen atoms in total. The smallest absolute Gasteiger partial charge is 0.254 e. The summed E-state index contributed by atoms with van der Waals surface area (Å²) in [6, 6.07) is 3.52. The number of hydrogen-bond acceptors (Lipinski definition) is 1. The van der Waals surface area contributed by atoms with Crippen molar-refractivity contribution in [2.45, 2.75) is 19.4 Å². The fraction of sp³-hybridized carbons (Fsp3) is 0.364. The van der Waals surface area contributed by atoms with Crippen molar-refractivity contribution in [1.82, 2.24) is 5.32 Å². The van der Waals surface area contributed by atoms with Gasteiger partial charge < -0.3 is 5.32 Å². The molecule has 88 valence electrons. The molecule has 16 heavy (non-hydrogen) atoms. The molecule has 1 aromatic carbocycles. The van der Waals surface area contributed by atoms with Gasteiger partial charge in [0.15, 0.2) is 11.6 Å². The summed E-state index contributed by atoms with van der Waals surface area (Å²) in [5, 5.41) is 3.11. The maximum absolute atomic E-state index is 13.3. The third-order valence-electron chi connectivity index (χ3n) is 1.98. The predicted octanol–water partition coefficient (Wildman–Crippen LogP) is 2.87. The summed E-state index contributed by atoms with van der Waals surface area (Å²) in [6.45, 7) is 3.55. The Balaban J connectivity index is 2.94. The van der Waals surface area contributed by atoms with Gasteiger partial charge in [-0.2, -0.15) is 0 Å². The van der Waals surface area contributed by atoms with Crippen LogP contribution in [0.2, 0.25) is 0 Å². The second-order valence-corrected chi connectivity index (χ2v) is 4.63. The van der Waals surface area contributed by atoms with E-state index >= 15 is 0 Å². The highest BCUT2D eigenvalue weighted by molar-refractivity contribution is 9.09. The molecule has 0 unspecified atom stereocenters. The number of amides is 1. The number of alkyl halides is 1. The molecule has 0 aliphatic carbocycles. The van der Waals surface area contributed by atoms with Gasteiger partial charge in [0.1, 0.15) is 0 Å². The average Bonchev–Trinajstić information content (AvgIpc) is 2.21. The molecule has 0 bridgehead atoms. The summed E-state index contributed by atoms with van der Waals surface area (Å²) >= 11 is 3.22. The van der Waals surface area contributed by atoms with Crippen LogP contribution in [0.5, 0.6) is 0 Å². The molecule has 1 amide bonds. The lowest BCUT2D eigenvalue weighted by Crippen LogP contribution is -2.45.